The van der Waals surface area contributed by atoms with Crippen LogP contribution in [0, 0.1) is 0 Å². The van der Waals surface area contributed by atoms with E-state index in [4.69, 9.17) is 4.74 Å². The normalized spacial score (nSPS) is 13.8. The molecule has 2 rings (SSSR count). The number of rotatable bonds is 9. The van der Waals surface area contributed by atoms with Crippen molar-refractivity contribution in [3.8, 4) is 5.75 Å². The molecule has 0 aliphatic carbocycles. The second kappa shape index (κ2) is 9.69. The quantitative estimate of drug-likeness (QED) is 0.606. The van der Waals surface area contributed by atoms with Crippen molar-refractivity contribution in [1.82, 2.24) is 5.32 Å². The number of hydrogen-bond donors (Lipinski definition) is 1. The summed E-state index contributed by atoms with van der Waals surface area (Å²) in [5, 5.41) is 2.83. The summed E-state index contributed by atoms with van der Waals surface area (Å²) in [6, 6.07) is 11.3. The minimum Gasteiger partial charge on any atom is -0.497 e. The number of carbonyl (C=O) groups is 1. The third kappa shape index (κ3) is 6.20. The second-order valence-corrected chi connectivity index (χ2v) is 11.1. The molecule has 0 aromatic heterocycles. The van der Waals surface area contributed by atoms with Crippen molar-refractivity contribution in [2.24, 2.45) is 0 Å². The number of hydrogen-bond acceptors (Lipinski definition) is 6. The van der Waals surface area contributed by atoms with Gasteiger partial charge in [0.05, 0.1) is 30.0 Å². The van der Waals surface area contributed by atoms with Gasteiger partial charge in [-0.3, -0.25) is 9.10 Å². The molecule has 170 valence electrons. The average Bonchev–Trinajstić information content (AvgIpc) is 2.70. The molecule has 0 aliphatic heterocycles. The number of ether oxygens (including phenoxy) is 1. The molecule has 0 heterocycles. The lowest BCUT2D eigenvalue weighted by Gasteiger charge is -2.31. The lowest BCUT2D eigenvalue weighted by molar-refractivity contribution is -0.122. The van der Waals surface area contributed by atoms with Gasteiger partial charge in [0.2, 0.25) is 15.9 Å². The number of sulfonamides is 1. The molecule has 0 saturated carbocycles. The third-order valence-corrected chi connectivity index (χ3v) is 7.11. The summed E-state index contributed by atoms with van der Waals surface area (Å²) >= 11 is 0. The Balaban J connectivity index is 2.31. The Hall–Kier alpha value is -2.59. The number of anilines is 1. The Morgan fingerprint density at radius 1 is 1.06 bits per heavy atom. The van der Waals surface area contributed by atoms with Gasteiger partial charge in [0, 0.05) is 12.3 Å². The highest BCUT2D eigenvalue weighted by atomic mass is 32.2. The standard InChI is InChI=1S/C21H28N2O6S2/c1-6-20(23(31(5,27)28)17-8-7-9-18(14-17)29-3)21(24)22-15(2)16-10-12-19(13-11-16)30(4,25)26/h7-15,20H,6H2,1-5H3,(H,22,24)/t15-,20+/m1/s1. The number of methoxy groups -OCH3 is 1. The average molecular weight is 469 g/mol. The molecular weight excluding hydrogens is 440 g/mol. The van der Waals surface area contributed by atoms with Crippen molar-refractivity contribution in [3.05, 3.63) is 54.1 Å². The van der Waals surface area contributed by atoms with Crippen molar-refractivity contribution in [3.63, 3.8) is 0 Å². The van der Waals surface area contributed by atoms with Gasteiger partial charge >= 0.3 is 0 Å². The first-order valence-corrected chi connectivity index (χ1v) is 13.4. The molecule has 2 aromatic rings. The molecule has 0 unspecified atom stereocenters. The predicted octanol–water partition coefficient (Wildman–Crippen LogP) is 2.52. The Bertz CT molecular complexity index is 1130. The molecule has 0 spiro atoms. The topological polar surface area (TPSA) is 110 Å². The van der Waals surface area contributed by atoms with Gasteiger partial charge in [-0.15, -0.1) is 0 Å². The monoisotopic (exact) mass is 468 g/mol. The fourth-order valence-corrected chi connectivity index (χ4v) is 5.04. The lowest BCUT2D eigenvalue weighted by Crippen LogP contribution is -2.49. The van der Waals surface area contributed by atoms with E-state index < -0.39 is 37.9 Å². The molecule has 1 N–H and O–H groups in total. The first-order chi connectivity index (χ1) is 14.4. The van der Waals surface area contributed by atoms with Crippen LogP contribution in [0.2, 0.25) is 0 Å². The van der Waals surface area contributed by atoms with Crippen LogP contribution >= 0.6 is 0 Å². The number of carbonyl (C=O) groups excluding carboxylic acids is 1. The predicted molar refractivity (Wildman–Crippen MR) is 121 cm³/mol. The van der Waals surface area contributed by atoms with E-state index in [9.17, 15) is 21.6 Å². The molecule has 0 aliphatic rings. The highest BCUT2D eigenvalue weighted by Crippen LogP contribution is 2.27. The van der Waals surface area contributed by atoms with Crippen molar-refractivity contribution in [1.29, 1.82) is 0 Å². The molecule has 31 heavy (non-hydrogen) atoms. The Morgan fingerprint density at radius 3 is 2.16 bits per heavy atom. The van der Waals surface area contributed by atoms with Gasteiger partial charge < -0.3 is 10.1 Å². The maximum absolute atomic E-state index is 13.1. The minimum absolute atomic E-state index is 0.183. The van der Waals surface area contributed by atoms with Crippen LogP contribution in [-0.4, -0.2) is 48.4 Å². The number of nitrogens with one attached hydrogen (secondary N) is 1. The molecule has 10 heteroatoms. The summed E-state index contributed by atoms with van der Waals surface area (Å²) in [4.78, 5) is 13.2. The Morgan fingerprint density at radius 2 is 1.68 bits per heavy atom. The minimum atomic E-state index is -3.77. The van der Waals surface area contributed by atoms with E-state index in [1.807, 2.05) is 0 Å². The lowest BCUT2D eigenvalue weighted by atomic mass is 10.1. The van der Waals surface area contributed by atoms with Gasteiger partial charge in [-0.1, -0.05) is 25.1 Å². The van der Waals surface area contributed by atoms with E-state index in [0.717, 1.165) is 16.8 Å². The molecule has 2 aromatic carbocycles. The summed E-state index contributed by atoms with van der Waals surface area (Å²) < 4.78 is 54.7. The molecule has 0 saturated heterocycles. The van der Waals surface area contributed by atoms with Crippen LogP contribution in [0.3, 0.4) is 0 Å². The zero-order valence-corrected chi connectivity index (χ0v) is 19.8. The van der Waals surface area contributed by atoms with Crippen LogP contribution in [-0.2, 0) is 24.7 Å². The first kappa shape index (κ1) is 24.7. The van der Waals surface area contributed by atoms with Crippen molar-refractivity contribution >= 4 is 31.5 Å². The largest absolute Gasteiger partial charge is 0.497 e. The first-order valence-electron chi connectivity index (χ1n) is 9.62. The number of amides is 1. The maximum atomic E-state index is 13.1. The van der Waals surface area contributed by atoms with Gasteiger partial charge in [-0.25, -0.2) is 16.8 Å². The third-order valence-electron chi connectivity index (χ3n) is 4.80. The van der Waals surface area contributed by atoms with Gasteiger partial charge in [0.1, 0.15) is 11.8 Å². The Kier molecular flexibility index (Phi) is 7.72. The van der Waals surface area contributed by atoms with E-state index in [0.29, 0.717) is 17.0 Å². The highest BCUT2D eigenvalue weighted by molar-refractivity contribution is 7.92. The zero-order chi connectivity index (χ0) is 23.4. The van der Waals surface area contributed by atoms with Gasteiger partial charge in [0.25, 0.3) is 0 Å². The van der Waals surface area contributed by atoms with Gasteiger partial charge in [-0.2, -0.15) is 0 Å². The van der Waals surface area contributed by atoms with E-state index in [1.165, 1.54) is 19.2 Å². The van der Waals surface area contributed by atoms with E-state index >= 15 is 0 Å². The smallest absolute Gasteiger partial charge is 0.244 e. The number of nitrogens with zero attached hydrogens (tertiary/aromatic N) is 1. The Labute approximate surface area is 184 Å². The number of sulfone groups is 1. The van der Waals surface area contributed by atoms with Crippen molar-refractivity contribution < 1.29 is 26.4 Å². The molecule has 1 amide bonds. The van der Waals surface area contributed by atoms with Crippen LogP contribution in [0.25, 0.3) is 0 Å². The SMILES string of the molecule is CC[C@@H](C(=O)N[C@H](C)c1ccc(S(C)(=O)=O)cc1)N(c1cccc(OC)c1)S(C)(=O)=O. The van der Waals surface area contributed by atoms with Crippen LogP contribution in [0.1, 0.15) is 31.9 Å². The fourth-order valence-electron chi connectivity index (χ4n) is 3.20. The zero-order valence-electron chi connectivity index (χ0n) is 18.2. The molecule has 2 atom stereocenters. The maximum Gasteiger partial charge on any atom is 0.244 e. The van der Waals surface area contributed by atoms with Crippen LogP contribution in [0.4, 0.5) is 5.69 Å². The van der Waals surface area contributed by atoms with Crippen LogP contribution < -0.4 is 14.4 Å². The summed E-state index contributed by atoms with van der Waals surface area (Å²) in [7, 11) is -5.62. The number of benzene rings is 2. The molecule has 0 radical (unpaired) electrons. The molecular formula is C21H28N2O6S2. The van der Waals surface area contributed by atoms with Crippen LogP contribution in [0.5, 0.6) is 5.75 Å². The van der Waals surface area contributed by atoms with Crippen molar-refractivity contribution in [2.45, 2.75) is 37.2 Å². The summed E-state index contributed by atoms with van der Waals surface area (Å²) in [5.74, 6) is 0.0104. The van der Waals surface area contributed by atoms with Gasteiger partial charge in [-0.05, 0) is 43.2 Å². The van der Waals surface area contributed by atoms with E-state index in [1.54, 1.807) is 50.2 Å². The fraction of sp³-hybridized carbons (Fsp3) is 0.381. The van der Waals surface area contributed by atoms with Crippen molar-refractivity contribution in [2.75, 3.05) is 23.9 Å². The van der Waals surface area contributed by atoms with Gasteiger partial charge in [0.15, 0.2) is 9.84 Å². The summed E-state index contributed by atoms with van der Waals surface area (Å²) in [5.41, 5.74) is 1.02. The summed E-state index contributed by atoms with van der Waals surface area (Å²) in [6.07, 6.45) is 2.42. The van der Waals surface area contributed by atoms with E-state index in [2.05, 4.69) is 5.32 Å². The summed E-state index contributed by atoms with van der Waals surface area (Å²) in [6.45, 7) is 3.48. The second-order valence-electron chi connectivity index (χ2n) is 7.26. The molecule has 0 bridgehead atoms. The van der Waals surface area contributed by atoms with E-state index in [-0.39, 0.29) is 11.3 Å². The molecule has 0 fully saturated rings. The highest BCUT2D eigenvalue weighted by Gasteiger charge is 2.32. The molecule has 8 nitrogen and oxygen atoms in total. The van der Waals surface area contributed by atoms with Crippen LogP contribution in [0.15, 0.2) is 53.4 Å².